The van der Waals surface area contributed by atoms with E-state index in [1.165, 1.54) is 0 Å². The third-order valence-corrected chi connectivity index (χ3v) is 6.17. The Hall–Kier alpha value is -2.89. The Morgan fingerprint density at radius 1 is 1.06 bits per heavy atom. The van der Waals surface area contributed by atoms with Gasteiger partial charge < -0.3 is 10.4 Å². The molecule has 2 aromatic carbocycles. The van der Waals surface area contributed by atoms with Gasteiger partial charge in [-0.1, -0.05) is 59.6 Å². The number of aliphatic carboxylic acids is 1. The van der Waals surface area contributed by atoms with Crippen molar-refractivity contribution in [1.82, 2.24) is 5.32 Å². The molecule has 2 N–H and O–H groups in total. The van der Waals surface area contributed by atoms with Gasteiger partial charge in [0.2, 0.25) is 0 Å². The van der Waals surface area contributed by atoms with Gasteiger partial charge in [-0.2, -0.15) is 0 Å². The molecule has 0 radical (unpaired) electrons. The number of aliphatic imine (C=N–C) groups is 1. The molecular formula is C24H20Cl2N2O3. The van der Waals surface area contributed by atoms with Crippen molar-refractivity contribution < 1.29 is 14.7 Å². The van der Waals surface area contributed by atoms with Gasteiger partial charge in [-0.25, -0.2) is 4.79 Å². The highest BCUT2D eigenvalue weighted by atomic mass is 35.5. The second kappa shape index (κ2) is 9.08. The van der Waals surface area contributed by atoms with E-state index in [4.69, 9.17) is 23.2 Å². The van der Waals surface area contributed by atoms with Crippen molar-refractivity contribution in [3.63, 3.8) is 0 Å². The van der Waals surface area contributed by atoms with E-state index in [0.29, 0.717) is 21.2 Å². The summed E-state index contributed by atoms with van der Waals surface area (Å²) in [6.07, 6.45) is 10.0. The fraction of sp³-hybridized carbons (Fsp3) is 0.208. The number of carbonyl (C=O) groups is 2. The summed E-state index contributed by atoms with van der Waals surface area (Å²) in [5.74, 6) is -1.48. The van der Waals surface area contributed by atoms with Crippen LogP contribution in [-0.4, -0.2) is 35.3 Å². The molecule has 1 aliphatic heterocycles. The number of halogens is 2. The average molecular weight is 455 g/mol. The summed E-state index contributed by atoms with van der Waals surface area (Å²) >= 11 is 12.3. The summed E-state index contributed by atoms with van der Waals surface area (Å²) in [6, 6.07) is 11.0. The Morgan fingerprint density at radius 3 is 2.55 bits per heavy atom. The van der Waals surface area contributed by atoms with Crippen molar-refractivity contribution in [2.45, 2.75) is 18.5 Å². The van der Waals surface area contributed by atoms with Crippen LogP contribution in [0.1, 0.15) is 16.8 Å². The molecule has 0 bridgehead atoms. The smallest absolute Gasteiger partial charge is 0.326 e. The molecule has 2 aliphatic rings. The third-order valence-electron chi connectivity index (χ3n) is 5.59. The number of carbonyl (C=O) groups excluding carboxylic acids is 1. The lowest BCUT2D eigenvalue weighted by molar-refractivity contribution is -0.139. The first-order valence-electron chi connectivity index (χ1n) is 9.90. The van der Waals surface area contributed by atoms with Crippen molar-refractivity contribution in [3.8, 4) is 11.1 Å². The van der Waals surface area contributed by atoms with Crippen molar-refractivity contribution in [3.05, 3.63) is 82.4 Å². The SMILES string of the molecule is O=C(N[C@@H](CC1C=NC2C=CC=CC12)C(=O)O)c1ccc(Cl)c(-c2ccc(Cl)cc2)c1. The number of hydrogen-bond donors (Lipinski definition) is 2. The second-order valence-electron chi connectivity index (χ2n) is 7.60. The van der Waals surface area contributed by atoms with Crippen LogP contribution in [-0.2, 0) is 4.79 Å². The lowest BCUT2D eigenvalue weighted by atomic mass is 9.83. The Balaban J connectivity index is 1.50. The molecule has 0 fully saturated rings. The summed E-state index contributed by atoms with van der Waals surface area (Å²) in [6.45, 7) is 0. The normalized spacial score (nSPS) is 22.2. The maximum absolute atomic E-state index is 12.9. The number of rotatable bonds is 6. The van der Waals surface area contributed by atoms with Crippen LogP contribution >= 0.6 is 23.2 Å². The van der Waals surface area contributed by atoms with E-state index in [9.17, 15) is 14.7 Å². The van der Waals surface area contributed by atoms with Crippen LogP contribution < -0.4 is 5.32 Å². The Kier molecular flexibility index (Phi) is 6.25. The first-order valence-corrected chi connectivity index (χ1v) is 10.7. The summed E-state index contributed by atoms with van der Waals surface area (Å²) in [5.41, 5.74) is 1.81. The van der Waals surface area contributed by atoms with E-state index in [1.54, 1.807) is 36.5 Å². The van der Waals surface area contributed by atoms with Gasteiger partial charge in [-0.05, 0) is 42.3 Å². The molecule has 2 aromatic rings. The van der Waals surface area contributed by atoms with Gasteiger partial charge >= 0.3 is 5.97 Å². The van der Waals surface area contributed by atoms with Crippen LogP contribution in [0, 0.1) is 11.8 Å². The number of nitrogens with zero attached hydrogens (tertiary/aromatic N) is 1. The predicted octanol–water partition coefficient (Wildman–Crippen LogP) is 5.04. The zero-order valence-electron chi connectivity index (χ0n) is 16.4. The van der Waals surface area contributed by atoms with E-state index in [-0.39, 0.29) is 24.3 Å². The molecule has 3 unspecified atom stereocenters. The zero-order valence-corrected chi connectivity index (χ0v) is 17.9. The minimum atomic E-state index is -1.08. The van der Waals surface area contributed by atoms with E-state index in [1.807, 2.05) is 36.4 Å². The number of fused-ring (bicyclic) bond motifs is 1. The standard InChI is InChI=1S/C24H20Cl2N2O3/c25-17-8-5-14(6-9-17)19-11-15(7-10-20(19)26)23(29)28-22(24(30)31)12-16-13-27-21-4-2-1-3-18(16)21/h1-11,13,16,18,21-22H,12H2,(H,28,29)(H,30,31)/t16?,18?,21?,22-/m0/s1. The van der Waals surface area contributed by atoms with Crippen molar-refractivity contribution in [2.75, 3.05) is 0 Å². The second-order valence-corrected chi connectivity index (χ2v) is 8.44. The molecule has 0 aromatic heterocycles. The molecule has 0 saturated carbocycles. The minimum absolute atomic E-state index is 0.0401. The van der Waals surface area contributed by atoms with Crippen LogP contribution in [0.15, 0.2) is 71.8 Å². The molecule has 4 rings (SSSR count). The number of nitrogens with one attached hydrogen (secondary N) is 1. The van der Waals surface area contributed by atoms with Gasteiger partial charge in [0.1, 0.15) is 6.04 Å². The molecule has 0 saturated heterocycles. The lowest BCUT2D eigenvalue weighted by Gasteiger charge is -2.23. The number of hydrogen-bond acceptors (Lipinski definition) is 3. The monoisotopic (exact) mass is 454 g/mol. The highest BCUT2D eigenvalue weighted by Gasteiger charge is 2.34. The molecule has 158 valence electrons. The van der Waals surface area contributed by atoms with E-state index < -0.39 is 17.9 Å². The maximum atomic E-state index is 12.9. The first kappa shape index (κ1) is 21.3. The maximum Gasteiger partial charge on any atom is 0.326 e. The van der Waals surface area contributed by atoms with Gasteiger partial charge in [0.15, 0.2) is 0 Å². The van der Waals surface area contributed by atoms with Gasteiger partial charge in [0.05, 0.1) is 6.04 Å². The Bertz CT molecular complexity index is 1090. The van der Waals surface area contributed by atoms with Crippen LogP contribution in [0.25, 0.3) is 11.1 Å². The quantitative estimate of drug-likeness (QED) is 0.640. The summed E-state index contributed by atoms with van der Waals surface area (Å²) < 4.78 is 0. The van der Waals surface area contributed by atoms with Gasteiger partial charge in [0.25, 0.3) is 5.91 Å². The Labute approximate surface area is 190 Å². The van der Waals surface area contributed by atoms with Crippen molar-refractivity contribution >= 4 is 41.3 Å². The number of benzene rings is 2. The first-order chi connectivity index (χ1) is 14.9. The number of carboxylic acids is 1. The van der Waals surface area contributed by atoms with Crippen LogP contribution in [0.4, 0.5) is 0 Å². The highest BCUT2D eigenvalue weighted by molar-refractivity contribution is 6.33. The predicted molar refractivity (Wildman–Crippen MR) is 123 cm³/mol. The fourth-order valence-electron chi connectivity index (χ4n) is 3.94. The summed E-state index contributed by atoms with van der Waals surface area (Å²) in [7, 11) is 0. The molecule has 0 spiro atoms. The fourth-order valence-corrected chi connectivity index (χ4v) is 4.29. The third kappa shape index (κ3) is 4.73. The molecule has 7 heteroatoms. The number of amides is 1. The Morgan fingerprint density at radius 2 is 1.81 bits per heavy atom. The molecule has 1 heterocycles. The number of allylic oxidation sites excluding steroid dienone is 2. The minimum Gasteiger partial charge on any atom is -0.480 e. The van der Waals surface area contributed by atoms with Crippen LogP contribution in [0.3, 0.4) is 0 Å². The van der Waals surface area contributed by atoms with E-state index in [0.717, 1.165) is 5.56 Å². The van der Waals surface area contributed by atoms with Crippen LogP contribution in [0.2, 0.25) is 10.0 Å². The van der Waals surface area contributed by atoms with Crippen LogP contribution in [0.5, 0.6) is 0 Å². The van der Waals surface area contributed by atoms with E-state index in [2.05, 4.69) is 10.3 Å². The average Bonchev–Trinajstić information content (AvgIpc) is 3.17. The lowest BCUT2D eigenvalue weighted by Crippen LogP contribution is -2.43. The largest absolute Gasteiger partial charge is 0.480 e. The molecular weight excluding hydrogens is 435 g/mol. The van der Waals surface area contributed by atoms with Crippen molar-refractivity contribution in [1.29, 1.82) is 0 Å². The van der Waals surface area contributed by atoms with Crippen molar-refractivity contribution in [2.24, 2.45) is 16.8 Å². The zero-order chi connectivity index (χ0) is 22.0. The summed E-state index contributed by atoms with van der Waals surface area (Å²) in [5, 5.41) is 13.4. The van der Waals surface area contributed by atoms with Gasteiger partial charge in [-0.3, -0.25) is 9.79 Å². The summed E-state index contributed by atoms with van der Waals surface area (Å²) in [4.78, 5) is 29.2. The number of carboxylic acid groups (broad SMARTS) is 1. The molecule has 5 nitrogen and oxygen atoms in total. The topological polar surface area (TPSA) is 78.8 Å². The molecule has 31 heavy (non-hydrogen) atoms. The van der Waals surface area contributed by atoms with Gasteiger partial charge in [0, 0.05) is 39.2 Å². The van der Waals surface area contributed by atoms with E-state index >= 15 is 0 Å². The molecule has 1 amide bonds. The highest BCUT2D eigenvalue weighted by Crippen LogP contribution is 2.32. The molecule has 4 atom stereocenters. The molecule has 1 aliphatic carbocycles. The van der Waals surface area contributed by atoms with Gasteiger partial charge in [-0.15, -0.1) is 0 Å².